The van der Waals surface area contributed by atoms with Crippen molar-refractivity contribution in [2.45, 2.75) is 0 Å². The maximum atomic E-state index is 12.9. The van der Waals surface area contributed by atoms with Gasteiger partial charge in [0.15, 0.2) is 6.61 Å². The second-order valence-electron chi connectivity index (χ2n) is 6.69. The summed E-state index contributed by atoms with van der Waals surface area (Å²) in [6, 6.07) is 13.2. The van der Waals surface area contributed by atoms with Crippen molar-refractivity contribution in [3.8, 4) is 11.4 Å². The maximum absolute atomic E-state index is 12.9. The Kier molecular flexibility index (Phi) is 7.18. The Morgan fingerprint density at radius 3 is 2.53 bits per heavy atom. The van der Waals surface area contributed by atoms with Crippen LogP contribution in [0.5, 0.6) is 5.75 Å². The zero-order valence-corrected chi connectivity index (χ0v) is 17.7. The quantitative estimate of drug-likeness (QED) is 0.592. The van der Waals surface area contributed by atoms with Crippen LogP contribution in [0.4, 0.5) is 10.3 Å². The van der Waals surface area contributed by atoms with Gasteiger partial charge in [-0.15, -0.1) is 12.4 Å². The fraction of sp³-hybridized carbons (Fsp3) is 0.238. The fourth-order valence-electron chi connectivity index (χ4n) is 3.28. The standard InChI is InChI=1S/C21H20ClFN4O2.ClH/c22-16-2-1-3-18(14-16)27-9-8-24-21(27)26-12-10-25(11-13-26)20(28)15-29-19-6-4-17(23)5-7-19;/h1-9,14H,10-13,15H2;1H. The van der Waals surface area contributed by atoms with Gasteiger partial charge in [-0.25, -0.2) is 9.37 Å². The molecule has 0 bridgehead atoms. The lowest BCUT2D eigenvalue weighted by molar-refractivity contribution is -0.133. The number of hydrogen-bond donors (Lipinski definition) is 0. The highest BCUT2D eigenvalue weighted by atomic mass is 35.5. The molecule has 6 nitrogen and oxygen atoms in total. The molecule has 0 aliphatic carbocycles. The van der Waals surface area contributed by atoms with Gasteiger partial charge in [-0.1, -0.05) is 17.7 Å². The number of halogens is 3. The Bertz CT molecular complexity index is 989. The second kappa shape index (κ2) is 9.82. The lowest BCUT2D eigenvalue weighted by Gasteiger charge is -2.35. The van der Waals surface area contributed by atoms with Crippen LogP contribution in [0.25, 0.3) is 5.69 Å². The Morgan fingerprint density at radius 1 is 1.10 bits per heavy atom. The number of carbonyl (C=O) groups excluding carboxylic acids is 1. The number of anilines is 1. The van der Waals surface area contributed by atoms with Gasteiger partial charge in [0.1, 0.15) is 11.6 Å². The Morgan fingerprint density at radius 2 is 1.83 bits per heavy atom. The predicted molar refractivity (Wildman–Crippen MR) is 117 cm³/mol. The molecule has 30 heavy (non-hydrogen) atoms. The molecule has 1 aliphatic heterocycles. The molecule has 1 aliphatic rings. The first-order valence-corrected chi connectivity index (χ1v) is 9.68. The second-order valence-corrected chi connectivity index (χ2v) is 7.12. The summed E-state index contributed by atoms with van der Waals surface area (Å²) in [6.45, 7) is 2.42. The molecule has 1 amide bonds. The third kappa shape index (κ3) is 5.04. The van der Waals surface area contributed by atoms with E-state index in [2.05, 4.69) is 9.88 Å². The monoisotopic (exact) mass is 450 g/mol. The van der Waals surface area contributed by atoms with E-state index in [9.17, 15) is 9.18 Å². The number of rotatable bonds is 5. The van der Waals surface area contributed by atoms with E-state index in [0.29, 0.717) is 37.0 Å². The number of imidazole rings is 1. The SMILES string of the molecule is Cl.O=C(COc1ccc(F)cc1)N1CCN(c2nccn2-c2cccc(Cl)c2)CC1. The van der Waals surface area contributed by atoms with Crippen LogP contribution in [-0.2, 0) is 4.79 Å². The number of piperazine rings is 1. The van der Waals surface area contributed by atoms with Crippen molar-refractivity contribution in [3.05, 3.63) is 71.8 Å². The van der Waals surface area contributed by atoms with E-state index < -0.39 is 0 Å². The molecule has 2 aromatic carbocycles. The molecule has 0 spiro atoms. The van der Waals surface area contributed by atoms with E-state index in [1.165, 1.54) is 24.3 Å². The average molecular weight is 451 g/mol. The van der Waals surface area contributed by atoms with Crippen LogP contribution in [0, 0.1) is 5.82 Å². The third-order valence-corrected chi connectivity index (χ3v) is 5.03. The van der Waals surface area contributed by atoms with Crippen LogP contribution >= 0.6 is 24.0 Å². The summed E-state index contributed by atoms with van der Waals surface area (Å²) in [6.07, 6.45) is 3.65. The number of aromatic nitrogens is 2. The van der Waals surface area contributed by atoms with Crippen molar-refractivity contribution in [2.75, 3.05) is 37.7 Å². The first-order valence-electron chi connectivity index (χ1n) is 9.30. The molecule has 1 aromatic heterocycles. The Labute approximate surface area is 185 Å². The van der Waals surface area contributed by atoms with Gasteiger partial charge in [0.2, 0.25) is 5.95 Å². The maximum Gasteiger partial charge on any atom is 0.260 e. The molecule has 0 atom stereocenters. The summed E-state index contributed by atoms with van der Waals surface area (Å²) >= 11 is 6.11. The van der Waals surface area contributed by atoms with Gasteiger partial charge in [0.25, 0.3) is 5.91 Å². The molecule has 1 fully saturated rings. The summed E-state index contributed by atoms with van der Waals surface area (Å²) < 4.78 is 20.4. The van der Waals surface area contributed by atoms with Crippen molar-refractivity contribution >= 4 is 35.9 Å². The first kappa shape index (κ1) is 21.9. The highest BCUT2D eigenvalue weighted by molar-refractivity contribution is 6.30. The fourth-order valence-corrected chi connectivity index (χ4v) is 3.46. The third-order valence-electron chi connectivity index (χ3n) is 4.80. The summed E-state index contributed by atoms with van der Waals surface area (Å²) in [5.41, 5.74) is 0.941. The Balaban J connectivity index is 0.00000256. The summed E-state index contributed by atoms with van der Waals surface area (Å²) in [4.78, 5) is 20.8. The minimum Gasteiger partial charge on any atom is -0.484 e. The van der Waals surface area contributed by atoms with Gasteiger partial charge >= 0.3 is 0 Å². The Hall–Kier alpha value is -2.77. The summed E-state index contributed by atoms with van der Waals surface area (Å²) in [5, 5.41) is 0.665. The number of hydrogen-bond acceptors (Lipinski definition) is 4. The zero-order chi connectivity index (χ0) is 20.2. The molecule has 0 radical (unpaired) electrons. The number of amides is 1. The molecule has 0 saturated carbocycles. The minimum absolute atomic E-state index is 0. The molecule has 0 unspecified atom stereocenters. The van der Waals surface area contributed by atoms with Crippen molar-refractivity contribution in [1.29, 1.82) is 0 Å². The van der Waals surface area contributed by atoms with Crippen LogP contribution < -0.4 is 9.64 Å². The van der Waals surface area contributed by atoms with Gasteiger partial charge in [0.05, 0.1) is 0 Å². The average Bonchev–Trinajstić information content (AvgIpc) is 3.23. The van der Waals surface area contributed by atoms with E-state index in [1.54, 1.807) is 11.1 Å². The lowest BCUT2D eigenvalue weighted by Crippen LogP contribution is -2.50. The number of carbonyl (C=O) groups is 1. The van der Waals surface area contributed by atoms with E-state index in [4.69, 9.17) is 16.3 Å². The summed E-state index contributed by atoms with van der Waals surface area (Å²) in [5.74, 6) is 0.868. The van der Waals surface area contributed by atoms with Crippen LogP contribution in [0.1, 0.15) is 0 Å². The van der Waals surface area contributed by atoms with E-state index in [1.807, 2.05) is 35.0 Å². The number of ether oxygens (including phenoxy) is 1. The van der Waals surface area contributed by atoms with Gasteiger partial charge in [-0.2, -0.15) is 0 Å². The van der Waals surface area contributed by atoms with Gasteiger partial charge in [0, 0.05) is 49.3 Å². The predicted octanol–water partition coefficient (Wildman–Crippen LogP) is 3.81. The largest absolute Gasteiger partial charge is 0.484 e. The van der Waals surface area contributed by atoms with Crippen LogP contribution in [-0.4, -0.2) is 53.1 Å². The molecule has 158 valence electrons. The number of benzene rings is 2. The van der Waals surface area contributed by atoms with E-state index >= 15 is 0 Å². The lowest BCUT2D eigenvalue weighted by atomic mass is 10.3. The molecule has 9 heteroatoms. The number of nitrogens with zero attached hydrogens (tertiary/aromatic N) is 4. The van der Waals surface area contributed by atoms with Crippen LogP contribution in [0.3, 0.4) is 0 Å². The van der Waals surface area contributed by atoms with Crippen molar-refractivity contribution in [2.24, 2.45) is 0 Å². The van der Waals surface area contributed by atoms with Crippen LogP contribution in [0.15, 0.2) is 60.9 Å². The normalized spacial score (nSPS) is 13.7. The zero-order valence-electron chi connectivity index (χ0n) is 16.1. The van der Waals surface area contributed by atoms with Crippen molar-refractivity contribution < 1.29 is 13.9 Å². The molecule has 3 aromatic rings. The molecule has 0 N–H and O–H groups in total. The molecule has 1 saturated heterocycles. The topological polar surface area (TPSA) is 50.6 Å². The van der Waals surface area contributed by atoms with Gasteiger partial charge in [-0.05, 0) is 42.5 Å². The van der Waals surface area contributed by atoms with Gasteiger partial charge < -0.3 is 14.5 Å². The van der Waals surface area contributed by atoms with Crippen molar-refractivity contribution in [1.82, 2.24) is 14.5 Å². The summed E-state index contributed by atoms with van der Waals surface area (Å²) in [7, 11) is 0. The molecular formula is C21H21Cl2FN4O2. The van der Waals surface area contributed by atoms with Crippen LogP contribution in [0.2, 0.25) is 5.02 Å². The van der Waals surface area contributed by atoms with E-state index in [-0.39, 0.29) is 30.7 Å². The molecule has 4 rings (SSSR count). The first-order chi connectivity index (χ1) is 14.1. The molecular weight excluding hydrogens is 430 g/mol. The van der Waals surface area contributed by atoms with Crippen molar-refractivity contribution in [3.63, 3.8) is 0 Å². The van der Waals surface area contributed by atoms with E-state index in [0.717, 1.165) is 11.6 Å². The smallest absolute Gasteiger partial charge is 0.260 e. The highest BCUT2D eigenvalue weighted by Gasteiger charge is 2.24. The van der Waals surface area contributed by atoms with Gasteiger partial charge in [-0.3, -0.25) is 9.36 Å². The highest BCUT2D eigenvalue weighted by Crippen LogP contribution is 2.22. The minimum atomic E-state index is -0.337. The molecule has 2 heterocycles.